The van der Waals surface area contributed by atoms with Gasteiger partial charge in [0.05, 0.1) is 0 Å². The van der Waals surface area contributed by atoms with Gasteiger partial charge in [0.25, 0.3) is 0 Å². The molecule has 0 aromatic heterocycles. The highest BCUT2D eigenvalue weighted by Crippen LogP contribution is 2.15. The Balaban J connectivity index is 2.28. The summed E-state index contributed by atoms with van der Waals surface area (Å²) in [4.78, 5) is 2.11. The lowest BCUT2D eigenvalue weighted by Crippen LogP contribution is -2.48. The van der Waals surface area contributed by atoms with E-state index in [1.54, 1.807) is 18.2 Å². The molecule has 1 atom stereocenters. The minimum absolute atomic E-state index is 0.00607. The highest BCUT2D eigenvalue weighted by atomic mass is 19.1. The molecule has 0 aliphatic rings. The van der Waals surface area contributed by atoms with Crippen LogP contribution in [-0.4, -0.2) is 55.4 Å². The van der Waals surface area contributed by atoms with E-state index in [2.05, 4.69) is 24.1 Å². The Morgan fingerprint density at radius 2 is 2.00 bits per heavy atom. The number of likely N-dealkylation sites (N-methyl/N-ethyl adjacent to an activating group) is 1. The third-order valence-electron chi connectivity index (χ3n) is 3.42. The third kappa shape index (κ3) is 5.45. The average molecular weight is 284 g/mol. The lowest BCUT2D eigenvalue weighted by atomic mass is 10.0. The summed E-state index contributed by atoms with van der Waals surface area (Å²) in [7, 11) is 4.03. The Kier molecular flexibility index (Phi) is 6.39. The summed E-state index contributed by atoms with van der Waals surface area (Å²) in [5.41, 5.74) is 0.00607. The van der Waals surface area contributed by atoms with Crippen LogP contribution in [0.15, 0.2) is 24.3 Å². The summed E-state index contributed by atoms with van der Waals surface area (Å²) in [5, 5.41) is 13.0. The second kappa shape index (κ2) is 7.57. The van der Waals surface area contributed by atoms with Crippen molar-refractivity contribution in [3.8, 4) is 5.75 Å². The van der Waals surface area contributed by atoms with Gasteiger partial charge in [-0.05, 0) is 40.1 Å². The number of aliphatic hydroxyl groups excluding tert-OH is 1. The molecule has 1 rings (SSSR count). The Labute approximate surface area is 120 Å². The first-order valence-electron chi connectivity index (χ1n) is 6.76. The van der Waals surface area contributed by atoms with Gasteiger partial charge in [0.15, 0.2) is 11.6 Å². The van der Waals surface area contributed by atoms with Crippen LogP contribution >= 0.6 is 0 Å². The number of aliphatic hydroxyl groups is 1. The minimum atomic E-state index is -0.674. The van der Waals surface area contributed by atoms with Crippen molar-refractivity contribution >= 4 is 0 Å². The SMILES string of the molecule is CN(C)C(C)(C)CNCC(O)COc1ccccc1F. The predicted octanol–water partition coefficient (Wildman–Crippen LogP) is 1.50. The van der Waals surface area contributed by atoms with Crippen molar-refractivity contribution in [1.82, 2.24) is 10.2 Å². The number of hydrogen-bond acceptors (Lipinski definition) is 4. The van der Waals surface area contributed by atoms with E-state index in [-0.39, 0.29) is 17.9 Å². The van der Waals surface area contributed by atoms with Crippen molar-refractivity contribution in [2.24, 2.45) is 0 Å². The molecule has 4 nitrogen and oxygen atoms in total. The molecule has 0 fully saturated rings. The predicted molar refractivity (Wildman–Crippen MR) is 78.5 cm³/mol. The molecule has 20 heavy (non-hydrogen) atoms. The van der Waals surface area contributed by atoms with Gasteiger partial charge in [-0.3, -0.25) is 0 Å². The van der Waals surface area contributed by atoms with Crippen LogP contribution in [-0.2, 0) is 0 Å². The van der Waals surface area contributed by atoms with Gasteiger partial charge in [0.2, 0.25) is 0 Å². The molecule has 0 heterocycles. The molecule has 0 radical (unpaired) electrons. The molecular formula is C15H25FN2O2. The molecule has 0 spiro atoms. The van der Waals surface area contributed by atoms with Gasteiger partial charge in [-0.15, -0.1) is 0 Å². The number of hydrogen-bond donors (Lipinski definition) is 2. The standard InChI is InChI=1S/C15H25FN2O2/c1-15(2,18(3)4)11-17-9-12(19)10-20-14-8-6-5-7-13(14)16/h5-8,12,17,19H,9-11H2,1-4H3. The van der Waals surface area contributed by atoms with E-state index in [9.17, 15) is 9.50 Å². The summed E-state index contributed by atoms with van der Waals surface area (Å²) in [6, 6.07) is 6.18. The number of benzene rings is 1. The van der Waals surface area contributed by atoms with Crippen LogP contribution in [0.2, 0.25) is 0 Å². The highest BCUT2D eigenvalue weighted by molar-refractivity contribution is 5.23. The summed E-state index contributed by atoms with van der Waals surface area (Å²) in [6.45, 7) is 5.45. The zero-order valence-corrected chi connectivity index (χ0v) is 12.7. The fourth-order valence-corrected chi connectivity index (χ4v) is 1.51. The van der Waals surface area contributed by atoms with Crippen LogP contribution in [0.3, 0.4) is 0 Å². The van der Waals surface area contributed by atoms with Crippen LogP contribution in [0.4, 0.5) is 4.39 Å². The van der Waals surface area contributed by atoms with Crippen molar-refractivity contribution in [1.29, 1.82) is 0 Å². The zero-order valence-electron chi connectivity index (χ0n) is 12.7. The monoisotopic (exact) mass is 284 g/mol. The molecular weight excluding hydrogens is 259 g/mol. The maximum absolute atomic E-state index is 13.3. The normalized spacial score (nSPS) is 13.6. The molecule has 1 aromatic carbocycles. The second-order valence-electron chi connectivity index (χ2n) is 5.73. The van der Waals surface area contributed by atoms with Gasteiger partial charge >= 0.3 is 0 Å². The van der Waals surface area contributed by atoms with E-state index in [1.807, 2.05) is 14.1 Å². The summed E-state index contributed by atoms with van der Waals surface area (Å²) in [6.07, 6.45) is -0.674. The fraction of sp³-hybridized carbons (Fsp3) is 0.600. The third-order valence-corrected chi connectivity index (χ3v) is 3.42. The number of para-hydroxylation sites is 1. The van der Waals surface area contributed by atoms with Crippen molar-refractivity contribution in [3.05, 3.63) is 30.1 Å². The summed E-state index contributed by atoms with van der Waals surface area (Å²) >= 11 is 0. The number of rotatable bonds is 8. The van der Waals surface area contributed by atoms with Gasteiger partial charge in [0.1, 0.15) is 12.7 Å². The molecule has 0 aliphatic carbocycles. The summed E-state index contributed by atoms with van der Waals surface area (Å²) in [5.74, 6) is -0.249. The smallest absolute Gasteiger partial charge is 0.165 e. The number of nitrogens with one attached hydrogen (secondary N) is 1. The first-order chi connectivity index (χ1) is 9.33. The topological polar surface area (TPSA) is 44.7 Å². The van der Waals surface area contributed by atoms with Crippen LogP contribution in [0.1, 0.15) is 13.8 Å². The maximum atomic E-state index is 13.3. The molecule has 0 saturated heterocycles. The average Bonchev–Trinajstić information content (AvgIpc) is 2.37. The molecule has 0 aliphatic heterocycles. The van der Waals surface area contributed by atoms with E-state index in [0.29, 0.717) is 6.54 Å². The quantitative estimate of drug-likeness (QED) is 0.759. The van der Waals surface area contributed by atoms with E-state index in [1.165, 1.54) is 6.07 Å². The molecule has 2 N–H and O–H groups in total. The Bertz CT molecular complexity index is 411. The van der Waals surface area contributed by atoms with Crippen LogP contribution in [0, 0.1) is 5.82 Å². The van der Waals surface area contributed by atoms with Gasteiger partial charge in [-0.1, -0.05) is 12.1 Å². The summed E-state index contributed by atoms with van der Waals surface area (Å²) < 4.78 is 18.6. The van der Waals surface area contributed by atoms with Crippen molar-refractivity contribution in [2.45, 2.75) is 25.5 Å². The Hall–Kier alpha value is -1.17. The van der Waals surface area contributed by atoms with Crippen LogP contribution in [0.5, 0.6) is 5.75 Å². The fourth-order valence-electron chi connectivity index (χ4n) is 1.51. The van der Waals surface area contributed by atoms with E-state index >= 15 is 0 Å². The lowest BCUT2D eigenvalue weighted by molar-refractivity contribution is 0.0982. The number of ether oxygens (including phenoxy) is 1. The largest absolute Gasteiger partial charge is 0.488 e. The van der Waals surface area contributed by atoms with Crippen molar-refractivity contribution in [3.63, 3.8) is 0 Å². The first kappa shape index (κ1) is 16.9. The van der Waals surface area contributed by atoms with Gasteiger partial charge in [0, 0.05) is 18.6 Å². The lowest BCUT2D eigenvalue weighted by Gasteiger charge is -2.33. The minimum Gasteiger partial charge on any atom is -0.488 e. The molecule has 0 bridgehead atoms. The van der Waals surface area contributed by atoms with E-state index in [0.717, 1.165) is 6.54 Å². The maximum Gasteiger partial charge on any atom is 0.165 e. The number of halogens is 1. The van der Waals surface area contributed by atoms with E-state index < -0.39 is 11.9 Å². The molecule has 114 valence electrons. The zero-order chi connectivity index (χ0) is 15.2. The number of nitrogens with zero attached hydrogens (tertiary/aromatic N) is 1. The molecule has 0 saturated carbocycles. The first-order valence-corrected chi connectivity index (χ1v) is 6.76. The molecule has 0 amide bonds. The van der Waals surface area contributed by atoms with Crippen molar-refractivity contribution in [2.75, 3.05) is 33.8 Å². The van der Waals surface area contributed by atoms with Crippen LogP contribution in [0.25, 0.3) is 0 Å². The van der Waals surface area contributed by atoms with Gasteiger partial charge in [-0.25, -0.2) is 4.39 Å². The molecule has 5 heteroatoms. The van der Waals surface area contributed by atoms with Gasteiger partial charge < -0.3 is 20.1 Å². The Morgan fingerprint density at radius 3 is 2.60 bits per heavy atom. The van der Waals surface area contributed by atoms with Crippen LogP contribution < -0.4 is 10.1 Å². The molecule has 1 unspecified atom stereocenters. The Morgan fingerprint density at radius 1 is 1.35 bits per heavy atom. The second-order valence-corrected chi connectivity index (χ2v) is 5.73. The highest BCUT2D eigenvalue weighted by Gasteiger charge is 2.20. The van der Waals surface area contributed by atoms with Crippen molar-refractivity contribution < 1.29 is 14.2 Å². The van der Waals surface area contributed by atoms with Gasteiger partial charge in [-0.2, -0.15) is 0 Å². The molecule has 1 aromatic rings. The van der Waals surface area contributed by atoms with E-state index in [4.69, 9.17) is 4.74 Å².